The molecule has 0 bridgehead atoms. The van der Waals surface area contributed by atoms with E-state index >= 15 is 0 Å². The minimum atomic E-state index is -4.61. The Labute approximate surface area is 207 Å². The molecule has 3 aromatic heterocycles. The fraction of sp³-hybridized carbons (Fsp3) is 0.300. The smallest absolute Gasteiger partial charge is 0.756 e. The highest BCUT2D eigenvalue weighted by atomic mass is 32.2. The van der Waals surface area contributed by atoms with Crippen molar-refractivity contribution in [3.8, 4) is 11.3 Å². The number of thioether (sulfide) groups is 1. The summed E-state index contributed by atoms with van der Waals surface area (Å²) in [5.41, 5.74) is 6.28. The minimum Gasteiger partial charge on any atom is -0.756 e. The van der Waals surface area contributed by atoms with Crippen LogP contribution in [0.2, 0.25) is 0 Å². The van der Waals surface area contributed by atoms with E-state index in [0.717, 1.165) is 17.3 Å². The second kappa shape index (κ2) is 8.52. The Balaban J connectivity index is 0.00000280. The molecule has 36 heavy (non-hydrogen) atoms. The van der Waals surface area contributed by atoms with Gasteiger partial charge in [0, 0.05) is 6.20 Å². The molecule has 4 aromatic rings. The van der Waals surface area contributed by atoms with E-state index in [-0.39, 0.29) is 35.9 Å². The first-order chi connectivity index (χ1) is 17.2. The second-order valence-electron chi connectivity index (χ2n) is 8.20. The predicted octanol–water partition coefficient (Wildman–Crippen LogP) is -0.129. The van der Waals surface area contributed by atoms with Gasteiger partial charge in [0.2, 0.25) is 11.7 Å². The Bertz CT molecular complexity index is 1610. The molecular weight excluding hydrogens is 515 g/mol. The van der Waals surface area contributed by atoms with E-state index in [1.165, 1.54) is 8.97 Å². The number of phosphoric ester groups is 1. The van der Waals surface area contributed by atoms with E-state index in [2.05, 4.69) is 19.5 Å². The van der Waals surface area contributed by atoms with Crippen molar-refractivity contribution in [2.75, 3.05) is 12.4 Å². The van der Waals surface area contributed by atoms with Gasteiger partial charge in [0.25, 0.3) is 13.4 Å². The van der Waals surface area contributed by atoms with Crippen LogP contribution in [0, 0.1) is 0 Å². The molecule has 6 rings (SSSR count). The van der Waals surface area contributed by atoms with Crippen LogP contribution in [0.1, 0.15) is 7.65 Å². The average molecular weight is 534 g/mol. The van der Waals surface area contributed by atoms with Gasteiger partial charge in [-0.15, -0.1) is 0 Å². The van der Waals surface area contributed by atoms with E-state index in [0.29, 0.717) is 5.69 Å². The normalized spacial score (nSPS) is 28.1. The number of rotatable bonds is 5. The summed E-state index contributed by atoms with van der Waals surface area (Å²) in [6.07, 6.45) is -3.26. The van der Waals surface area contributed by atoms with Crippen molar-refractivity contribution in [2.45, 2.75) is 29.7 Å². The van der Waals surface area contributed by atoms with Crippen LogP contribution in [0.3, 0.4) is 0 Å². The second-order valence-corrected chi connectivity index (χ2v) is 10.5. The molecule has 4 N–H and O–H groups in total. The summed E-state index contributed by atoms with van der Waals surface area (Å²) in [6, 6.07) is 9.32. The molecule has 0 aliphatic carbocycles. The highest BCUT2D eigenvalue weighted by molar-refractivity contribution is 7.99. The third-order valence-electron chi connectivity index (χ3n) is 5.86. The van der Waals surface area contributed by atoms with Gasteiger partial charge < -0.3 is 34.5 Å². The summed E-state index contributed by atoms with van der Waals surface area (Å²) < 4.78 is 29.9. The van der Waals surface area contributed by atoms with Gasteiger partial charge in [-0.1, -0.05) is 42.1 Å². The first-order valence-corrected chi connectivity index (χ1v) is 13.1. The van der Waals surface area contributed by atoms with Crippen molar-refractivity contribution >= 4 is 42.4 Å². The molecule has 2 fully saturated rings. The molecule has 2 saturated heterocycles. The van der Waals surface area contributed by atoms with Crippen LogP contribution in [0.5, 0.6) is 0 Å². The molecule has 5 heterocycles. The maximum Gasteiger partial charge on any atom is 1.00 e. The number of fused-ring (bicyclic) bond motifs is 3. The molecule has 0 spiro atoms. The van der Waals surface area contributed by atoms with Crippen LogP contribution in [0.25, 0.3) is 28.2 Å². The number of benzene rings is 1. The number of carbonyl (C=O) groups is 1. The lowest BCUT2D eigenvalue weighted by atomic mass is 10.1. The number of nitrogens with zero attached hydrogens (tertiary/aromatic N) is 4. The lowest BCUT2D eigenvalue weighted by Gasteiger charge is -2.34. The van der Waals surface area contributed by atoms with Gasteiger partial charge in [0.05, 0.1) is 18.1 Å². The van der Waals surface area contributed by atoms with Crippen molar-refractivity contribution in [3.05, 3.63) is 46.9 Å². The summed E-state index contributed by atoms with van der Waals surface area (Å²) in [7, 11) is -4.61. The Morgan fingerprint density at radius 1 is 1.36 bits per heavy atom. The zero-order chi connectivity index (χ0) is 25.2. The van der Waals surface area contributed by atoms with Crippen LogP contribution >= 0.6 is 19.6 Å². The summed E-state index contributed by atoms with van der Waals surface area (Å²) in [5.74, 6) is -0.605. The topological polar surface area (TPSA) is 199 Å². The van der Waals surface area contributed by atoms with Gasteiger partial charge in [-0.25, -0.2) is 9.38 Å². The zero-order valence-electron chi connectivity index (χ0n) is 19.2. The Hall–Kier alpha value is -3.04. The number of primary amides is 1. The van der Waals surface area contributed by atoms with Crippen LogP contribution in [0.4, 0.5) is 0 Å². The molecule has 0 radical (unpaired) electrons. The Morgan fingerprint density at radius 2 is 2.14 bits per heavy atom. The molecule has 0 saturated carbocycles. The van der Waals surface area contributed by atoms with Crippen molar-refractivity contribution in [2.24, 2.45) is 5.73 Å². The number of ether oxygens (including phenoxy) is 1. The maximum atomic E-state index is 13.4. The highest BCUT2D eigenvalue weighted by Gasteiger charge is 2.51. The number of nitrogens with one attached hydrogen (secondary N) is 1. The van der Waals surface area contributed by atoms with E-state index < -0.39 is 43.8 Å². The monoisotopic (exact) mass is 534 g/mol. The van der Waals surface area contributed by atoms with Gasteiger partial charge >= 0.3 is 1.43 Å². The predicted molar refractivity (Wildman–Crippen MR) is 124 cm³/mol. The molecule has 1 amide bonds. The van der Waals surface area contributed by atoms with Gasteiger partial charge in [0.15, 0.2) is 22.5 Å². The largest absolute Gasteiger partial charge is 1.00 e. The van der Waals surface area contributed by atoms with Crippen molar-refractivity contribution in [1.82, 2.24) is 23.9 Å². The zero-order valence-corrected chi connectivity index (χ0v) is 19.9. The number of H-pyrrole nitrogens is 1. The molecule has 2 aliphatic rings. The Kier molecular flexibility index (Phi) is 5.53. The highest BCUT2D eigenvalue weighted by Crippen LogP contribution is 2.50. The fourth-order valence-corrected chi connectivity index (χ4v) is 5.99. The number of hydrogen-bond acceptors (Lipinski definition) is 11. The van der Waals surface area contributed by atoms with Gasteiger partial charge in [0.1, 0.15) is 18.3 Å². The number of imidazole rings is 2. The molecular formula is C20H19N6O8PS. The Morgan fingerprint density at radius 3 is 2.89 bits per heavy atom. The van der Waals surface area contributed by atoms with Crippen LogP contribution < -0.4 is 16.2 Å². The van der Waals surface area contributed by atoms with Crippen LogP contribution in [-0.4, -0.2) is 65.6 Å². The number of aromatic nitrogens is 5. The third kappa shape index (κ3) is 3.85. The number of nitrogens with two attached hydrogens (primary N) is 1. The number of phosphoric acid groups is 1. The van der Waals surface area contributed by atoms with E-state index in [1.54, 1.807) is 6.20 Å². The van der Waals surface area contributed by atoms with Crippen LogP contribution in [0.15, 0.2) is 46.5 Å². The number of hydrogen-bond donors (Lipinski definition) is 3. The molecule has 2 aliphatic heterocycles. The molecule has 3 unspecified atom stereocenters. The third-order valence-corrected chi connectivity index (χ3v) is 7.80. The van der Waals surface area contributed by atoms with Crippen molar-refractivity contribution < 1.29 is 34.6 Å². The molecule has 188 valence electrons. The summed E-state index contributed by atoms with van der Waals surface area (Å²) in [4.78, 5) is 48.6. The van der Waals surface area contributed by atoms with Gasteiger partial charge in [-0.2, -0.15) is 4.98 Å². The minimum absolute atomic E-state index is 0. The summed E-state index contributed by atoms with van der Waals surface area (Å²) >= 11 is 0.920. The lowest BCUT2D eigenvalue weighted by molar-refractivity contribution is -0.245. The molecule has 16 heteroatoms. The standard InChI is InChI=1S/C20H19N6O8PS/c21-12(27)8-36-20-23-13-16(26(20)18-14(28)15-11(33-18)7-32-35(30,31)34-15)24-19-22-10(6-25(19)17(13)29)9-4-2-1-3-5-9/h1-6,11,14-15,18,28H,7-8H2,(H2,21,27)(H,22,24)(H,30,31)/t11?,14?,15-,18-/m1/s1. The number of aliphatic hydroxyl groups is 1. The lowest BCUT2D eigenvalue weighted by Crippen LogP contribution is -2.41. The first kappa shape index (κ1) is 23.4. The summed E-state index contributed by atoms with van der Waals surface area (Å²) in [6.45, 7) is -0.354. The van der Waals surface area contributed by atoms with E-state index in [9.17, 15) is 24.2 Å². The van der Waals surface area contributed by atoms with Crippen molar-refractivity contribution in [3.63, 3.8) is 0 Å². The van der Waals surface area contributed by atoms with Crippen molar-refractivity contribution in [1.29, 1.82) is 0 Å². The number of aliphatic hydroxyl groups excluding tert-OH is 1. The van der Waals surface area contributed by atoms with Crippen LogP contribution in [-0.2, 0) is 23.1 Å². The molecule has 14 nitrogen and oxygen atoms in total. The number of carbonyl (C=O) groups excluding carboxylic acids is 1. The number of amides is 1. The van der Waals surface area contributed by atoms with Gasteiger partial charge in [-0.3, -0.25) is 18.7 Å². The van der Waals surface area contributed by atoms with E-state index in [4.69, 9.17) is 15.0 Å². The maximum absolute atomic E-state index is 13.4. The fourth-order valence-electron chi connectivity index (χ4n) is 4.28. The average Bonchev–Trinajstić information content (AvgIpc) is 3.52. The van der Waals surface area contributed by atoms with E-state index in [1.807, 2.05) is 30.3 Å². The first-order valence-electron chi connectivity index (χ1n) is 10.7. The summed E-state index contributed by atoms with van der Waals surface area (Å²) in [5, 5.41) is 11.1. The number of aromatic amines is 1. The molecule has 1 aromatic carbocycles. The SMILES string of the molecule is NC(=O)CSc1nc2c(=O)n3cc(-c4ccccc4)[nH]c3nc2n1[C@@H]1OC2COP(=O)([O-])O[C@H]2C1O.[H+]. The van der Waals surface area contributed by atoms with Gasteiger partial charge in [-0.05, 0) is 5.56 Å². The quantitative estimate of drug-likeness (QED) is 0.228. The molecule has 5 atom stereocenters.